The summed E-state index contributed by atoms with van der Waals surface area (Å²) in [5.41, 5.74) is 0. The maximum Gasteiger partial charge on any atom is 0.160 e. The molecule has 0 aliphatic carbocycles. The van der Waals surface area contributed by atoms with Crippen LogP contribution in [-0.2, 0) is 11.3 Å². The van der Waals surface area contributed by atoms with Crippen molar-refractivity contribution in [1.82, 2.24) is 0 Å². The van der Waals surface area contributed by atoms with Gasteiger partial charge in [-0.3, -0.25) is 4.79 Å². The molecular formula is C8H10O3S. The van der Waals surface area contributed by atoms with Crippen molar-refractivity contribution >= 4 is 17.6 Å². The number of aliphatic hydroxyl groups excluding tert-OH is 1. The zero-order valence-electron chi connectivity index (χ0n) is 6.53. The van der Waals surface area contributed by atoms with Gasteiger partial charge in [-0.1, -0.05) is 0 Å². The summed E-state index contributed by atoms with van der Waals surface area (Å²) in [5, 5.41) is 8.42. The molecule has 3 nitrogen and oxygen atoms in total. The lowest BCUT2D eigenvalue weighted by Gasteiger charge is -1.97. The summed E-state index contributed by atoms with van der Waals surface area (Å²) >= 11 is 1.41. The van der Waals surface area contributed by atoms with E-state index in [2.05, 4.69) is 0 Å². The van der Waals surface area contributed by atoms with Crippen molar-refractivity contribution in [2.45, 2.75) is 6.61 Å². The fourth-order valence-corrected chi connectivity index (χ4v) is 1.54. The van der Waals surface area contributed by atoms with Crippen LogP contribution in [0.5, 0.6) is 0 Å². The highest BCUT2D eigenvalue weighted by molar-refractivity contribution is 7.13. The normalized spacial score (nSPS) is 10.1. The van der Waals surface area contributed by atoms with Crippen molar-refractivity contribution in [3.05, 3.63) is 21.9 Å². The molecule has 0 unspecified atom stereocenters. The lowest BCUT2D eigenvalue weighted by atomic mass is 10.4. The van der Waals surface area contributed by atoms with Crippen molar-refractivity contribution < 1.29 is 14.6 Å². The average Bonchev–Trinajstić information content (AvgIpc) is 2.53. The molecule has 1 aromatic rings. The molecule has 4 heteroatoms. The van der Waals surface area contributed by atoms with Gasteiger partial charge in [-0.25, -0.2) is 0 Å². The highest BCUT2D eigenvalue weighted by Crippen LogP contribution is 2.14. The minimum absolute atomic E-state index is 0.0336. The van der Waals surface area contributed by atoms with Crippen molar-refractivity contribution in [1.29, 1.82) is 0 Å². The Morgan fingerprint density at radius 3 is 3.00 bits per heavy atom. The second kappa shape index (κ2) is 5.03. The van der Waals surface area contributed by atoms with Crippen molar-refractivity contribution in [3.8, 4) is 0 Å². The van der Waals surface area contributed by atoms with Crippen LogP contribution in [0.3, 0.4) is 0 Å². The number of aldehydes is 1. The molecule has 0 aromatic carbocycles. The third-order valence-corrected chi connectivity index (χ3v) is 2.26. The highest BCUT2D eigenvalue weighted by Gasteiger charge is 1.97. The van der Waals surface area contributed by atoms with E-state index in [9.17, 15) is 4.79 Å². The second-order valence-corrected chi connectivity index (χ2v) is 3.40. The zero-order valence-corrected chi connectivity index (χ0v) is 7.34. The molecular weight excluding hydrogens is 176 g/mol. The minimum Gasteiger partial charge on any atom is -0.394 e. The van der Waals surface area contributed by atoms with E-state index in [1.165, 1.54) is 11.3 Å². The van der Waals surface area contributed by atoms with Crippen molar-refractivity contribution in [2.24, 2.45) is 0 Å². The number of rotatable bonds is 5. The third-order valence-electron chi connectivity index (χ3n) is 1.28. The van der Waals surface area contributed by atoms with Gasteiger partial charge in [0, 0.05) is 4.88 Å². The zero-order chi connectivity index (χ0) is 8.81. The number of hydrogen-bond acceptors (Lipinski definition) is 4. The summed E-state index contributed by atoms with van der Waals surface area (Å²) in [6, 6.07) is 3.61. The van der Waals surface area contributed by atoms with Crippen LogP contribution >= 0.6 is 11.3 Å². The van der Waals surface area contributed by atoms with Gasteiger partial charge < -0.3 is 9.84 Å². The topological polar surface area (TPSA) is 46.5 Å². The molecule has 0 spiro atoms. The number of carbonyl (C=O) groups excluding carboxylic acids is 1. The van der Waals surface area contributed by atoms with Gasteiger partial charge >= 0.3 is 0 Å². The number of aliphatic hydroxyl groups is 1. The van der Waals surface area contributed by atoms with E-state index in [-0.39, 0.29) is 6.61 Å². The monoisotopic (exact) mass is 186 g/mol. The number of ether oxygens (including phenoxy) is 1. The maximum absolute atomic E-state index is 10.3. The van der Waals surface area contributed by atoms with E-state index >= 15 is 0 Å². The summed E-state index contributed by atoms with van der Waals surface area (Å²) < 4.78 is 5.07. The largest absolute Gasteiger partial charge is 0.394 e. The van der Waals surface area contributed by atoms with Crippen LogP contribution in [0.25, 0.3) is 0 Å². The fourth-order valence-electron chi connectivity index (χ4n) is 0.773. The van der Waals surface area contributed by atoms with Crippen molar-refractivity contribution in [2.75, 3.05) is 13.2 Å². The first-order chi connectivity index (χ1) is 5.86. The SMILES string of the molecule is O=Cc1ccc(COCCO)s1. The number of carbonyl (C=O) groups is 1. The molecule has 1 heterocycles. The van der Waals surface area contributed by atoms with E-state index in [0.717, 1.165) is 11.2 Å². The van der Waals surface area contributed by atoms with Crippen LogP contribution in [0, 0.1) is 0 Å². The summed E-state index contributed by atoms with van der Waals surface area (Å²) in [6.07, 6.45) is 0.820. The Kier molecular flexibility index (Phi) is 3.93. The van der Waals surface area contributed by atoms with Gasteiger partial charge in [-0.05, 0) is 12.1 Å². The Morgan fingerprint density at radius 2 is 2.42 bits per heavy atom. The van der Waals surface area contributed by atoms with Gasteiger partial charge in [-0.15, -0.1) is 11.3 Å². The second-order valence-electron chi connectivity index (χ2n) is 2.20. The Labute approximate surface area is 74.6 Å². The molecule has 0 radical (unpaired) electrons. The van der Waals surface area contributed by atoms with Crippen LogP contribution in [0.4, 0.5) is 0 Å². The molecule has 12 heavy (non-hydrogen) atoms. The summed E-state index contributed by atoms with van der Waals surface area (Å²) in [7, 11) is 0. The Hall–Kier alpha value is -0.710. The molecule has 0 amide bonds. The standard InChI is InChI=1S/C8H10O3S/c9-3-4-11-6-8-2-1-7(5-10)12-8/h1-2,5,9H,3-4,6H2. The quantitative estimate of drug-likeness (QED) is 0.552. The molecule has 0 aliphatic heterocycles. The smallest absolute Gasteiger partial charge is 0.160 e. The van der Waals surface area contributed by atoms with E-state index in [1.807, 2.05) is 6.07 Å². The molecule has 0 saturated heterocycles. The molecule has 1 rings (SSSR count). The summed E-state index contributed by atoms with van der Waals surface area (Å²) in [6.45, 7) is 0.847. The van der Waals surface area contributed by atoms with E-state index in [0.29, 0.717) is 18.1 Å². The van der Waals surface area contributed by atoms with Crippen LogP contribution in [-0.4, -0.2) is 24.6 Å². The molecule has 0 fully saturated rings. The van der Waals surface area contributed by atoms with E-state index < -0.39 is 0 Å². The molecule has 0 atom stereocenters. The molecule has 0 saturated carbocycles. The Balaban J connectivity index is 2.36. The summed E-state index contributed by atoms with van der Waals surface area (Å²) in [4.78, 5) is 12.0. The lowest BCUT2D eigenvalue weighted by Crippen LogP contribution is -1.97. The van der Waals surface area contributed by atoms with Gasteiger partial charge in [0.05, 0.1) is 24.7 Å². The first-order valence-electron chi connectivity index (χ1n) is 3.59. The first-order valence-corrected chi connectivity index (χ1v) is 4.41. The molecule has 1 N–H and O–H groups in total. The van der Waals surface area contributed by atoms with Crippen LogP contribution in [0.15, 0.2) is 12.1 Å². The van der Waals surface area contributed by atoms with Gasteiger partial charge in [0.1, 0.15) is 0 Å². The fraction of sp³-hybridized carbons (Fsp3) is 0.375. The predicted octanol–water partition coefficient (Wildman–Crippen LogP) is 1.07. The van der Waals surface area contributed by atoms with Gasteiger partial charge in [0.15, 0.2) is 6.29 Å². The van der Waals surface area contributed by atoms with Gasteiger partial charge in [0.2, 0.25) is 0 Å². The van der Waals surface area contributed by atoms with Crippen molar-refractivity contribution in [3.63, 3.8) is 0 Å². The van der Waals surface area contributed by atoms with Gasteiger partial charge in [0.25, 0.3) is 0 Å². The predicted molar refractivity (Wildman–Crippen MR) is 46.4 cm³/mol. The van der Waals surface area contributed by atoms with Crippen LogP contribution < -0.4 is 0 Å². The lowest BCUT2D eigenvalue weighted by molar-refractivity contribution is 0.0831. The average molecular weight is 186 g/mol. The Morgan fingerprint density at radius 1 is 1.58 bits per heavy atom. The number of thiophene rings is 1. The third kappa shape index (κ3) is 2.73. The molecule has 1 aromatic heterocycles. The maximum atomic E-state index is 10.3. The van der Waals surface area contributed by atoms with E-state index in [4.69, 9.17) is 9.84 Å². The van der Waals surface area contributed by atoms with E-state index in [1.54, 1.807) is 6.07 Å². The first kappa shape index (κ1) is 9.38. The minimum atomic E-state index is 0.0336. The molecule has 0 bridgehead atoms. The molecule has 66 valence electrons. The Bertz CT molecular complexity index is 244. The summed E-state index contributed by atoms with van der Waals surface area (Å²) in [5.74, 6) is 0. The number of hydrogen-bond donors (Lipinski definition) is 1. The van der Waals surface area contributed by atoms with Gasteiger partial charge in [-0.2, -0.15) is 0 Å². The molecule has 0 aliphatic rings. The van der Waals surface area contributed by atoms with Crippen LogP contribution in [0.1, 0.15) is 14.5 Å². The highest BCUT2D eigenvalue weighted by atomic mass is 32.1. The van der Waals surface area contributed by atoms with Crippen LogP contribution in [0.2, 0.25) is 0 Å².